The van der Waals surface area contributed by atoms with Gasteiger partial charge in [-0.15, -0.1) is 5.10 Å². The normalized spacial score (nSPS) is 22.4. The minimum Gasteiger partial charge on any atom is -0.508 e. The van der Waals surface area contributed by atoms with Gasteiger partial charge in [0, 0.05) is 62.6 Å². The summed E-state index contributed by atoms with van der Waals surface area (Å²) < 4.78 is 1.70. The van der Waals surface area contributed by atoms with E-state index < -0.39 is 72.6 Å². The lowest BCUT2D eigenvalue weighted by molar-refractivity contribution is -0.141. The molecule has 7 atom stereocenters. The summed E-state index contributed by atoms with van der Waals surface area (Å²) >= 11 is 1.86. The second-order valence-corrected chi connectivity index (χ2v) is 19.5. The summed E-state index contributed by atoms with van der Waals surface area (Å²) in [6.07, 6.45) is 6.76. The van der Waals surface area contributed by atoms with Gasteiger partial charge < -0.3 is 69.1 Å². The highest BCUT2D eigenvalue weighted by Gasteiger charge is 2.42. The number of aliphatic carboxylic acids is 1. The van der Waals surface area contributed by atoms with Gasteiger partial charge in [0.15, 0.2) is 5.96 Å². The monoisotopic (exact) mass is 1040 g/mol. The molecule has 0 unspecified atom stereocenters. The maximum atomic E-state index is 14.0. The zero-order valence-corrected chi connectivity index (χ0v) is 41.5. The Balaban J connectivity index is 1.07. The summed E-state index contributed by atoms with van der Waals surface area (Å²) in [4.78, 5) is 116. The molecule has 9 amide bonds. The van der Waals surface area contributed by atoms with Crippen LogP contribution < -0.4 is 58.9 Å². The fourth-order valence-corrected chi connectivity index (χ4v) is 10.0. The van der Waals surface area contributed by atoms with Crippen LogP contribution in [0.4, 0.5) is 4.79 Å². The number of rotatable bonds is 26. The lowest BCUT2D eigenvalue weighted by Gasteiger charge is -2.26. The largest absolute Gasteiger partial charge is 0.508 e. The number of carboxylic acids is 1. The Labute approximate surface area is 426 Å². The van der Waals surface area contributed by atoms with E-state index >= 15 is 0 Å². The molecule has 27 heteroatoms. The Morgan fingerprint density at radius 1 is 0.726 bits per heavy atom. The summed E-state index contributed by atoms with van der Waals surface area (Å²) in [6.45, 7) is 0.791. The van der Waals surface area contributed by atoms with Crippen LogP contribution >= 0.6 is 11.8 Å². The maximum Gasteiger partial charge on any atom is 0.315 e. The first-order chi connectivity index (χ1) is 35.0. The zero-order valence-electron chi connectivity index (χ0n) is 40.7. The van der Waals surface area contributed by atoms with E-state index in [-0.39, 0.29) is 86.8 Å². The number of hydrogen-bond donors (Lipinski definition) is 14. The first kappa shape index (κ1) is 56.7. The van der Waals surface area contributed by atoms with Gasteiger partial charge in [-0.3, -0.25) is 48.4 Å². The van der Waals surface area contributed by atoms with Crippen molar-refractivity contribution in [2.45, 2.75) is 144 Å². The van der Waals surface area contributed by atoms with Crippen LogP contribution in [0.5, 0.6) is 5.75 Å². The number of aryl methyl sites for hydroxylation is 2. The third-order valence-electron chi connectivity index (χ3n) is 12.3. The number of unbranched alkanes of at least 4 members (excludes halogenated alkanes) is 2. The number of guanidine groups is 1. The minimum atomic E-state index is -1.65. The first-order valence-corrected chi connectivity index (χ1v) is 25.7. The molecule has 4 heterocycles. The van der Waals surface area contributed by atoms with Gasteiger partial charge in [0.25, 0.3) is 0 Å². The average molecular weight is 1040 g/mol. The van der Waals surface area contributed by atoms with Crippen LogP contribution in [0.3, 0.4) is 0 Å². The molecule has 2 aromatic rings. The van der Waals surface area contributed by atoms with E-state index in [0.717, 1.165) is 30.7 Å². The van der Waals surface area contributed by atoms with Gasteiger partial charge in [0.1, 0.15) is 29.9 Å². The topological polar surface area (TPSA) is 395 Å². The van der Waals surface area contributed by atoms with Crippen molar-refractivity contribution >= 4 is 71.1 Å². The van der Waals surface area contributed by atoms with Crippen molar-refractivity contribution < 1.29 is 53.4 Å². The molecule has 3 saturated heterocycles. The summed E-state index contributed by atoms with van der Waals surface area (Å²) in [5.41, 5.74) is 6.58. The van der Waals surface area contributed by atoms with Crippen molar-refractivity contribution in [3.8, 4) is 5.75 Å². The Hall–Kier alpha value is -7.19. The number of benzene rings is 1. The number of aromatic hydroxyl groups is 1. The van der Waals surface area contributed by atoms with Crippen molar-refractivity contribution in [3.05, 3.63) is 41.7 Å². The summed E-state index contributed by atoms with van der Waals surface area (Å²) in [6, 6.07) is 0.454. The fraction of sp³-hybridized carbons (Fsp3) is 0.609. The minimum absolute atomic E-state index is 0.00178. The fourth-order valence-electron chi connectivity index (χ4n) is 8.49. The molecule has 1 aromatic carbocycles. The van der Waals surface area contributed by atoms with E-state index in [1.807, 2.05) is 18.0 Å². The maximum absolute atomic E-state index is 14.0. The number of nitrogens with two attached hydrogens (primary N) is 1. The van der Waals surface area contributed by atoms with Crippen molar-refractivity contribution in [2.75, 3.05) is 31.9 Å². The van der Waals surface area contributed by atoms with Gasteiger partial charge in [-0.25, -0.2) is 4.79 Å². The number of urea groups is 1. The van der Waals surface area contributed by atoms with Crippen LogP contribution in [0.2, 0.25) is 0 Å². The molecule has 73 heavy (non-hydrogen) atoms. The van der Waals surface area contributed by atoms with Gasteiger partial charge in [-0.1, -0.05) is 23.8 Å². The third-order valence-corrected chi connectivity index (χ3v) is 13.9. The Morgan fingerprint density at radius 2 is 1.36 bits per heavy atom. The number of hydrogen-bond acceptors (Lipinski definition) is 14. The summed E-state index contributed by atoms with van der Waals surface area (Å²) in [5, 5.41) is 62.4. The first-order valence-electron chi connectivity index (χ1n) is 24.7. The molecule has 26 nitrogen and oxygen atoms in total. The van der Waals surface area contributed by atoms with Crippen LogP contribution in [0.1, 0.15) is 94.7 Å². The van der Waals surface area contributed by atoms with Crippen LogP contribution in [0.25, 0.3) is 0 Å². The van der Waals surface area contributed by atoms with Gasteiger partial charge in [-0.2, -0.15) is 11.8 Å². The third kappa shape index (κ3) is 20.1. The Kier molecular flexibility index (Phi) is 22.8. The quantitative estimate of drug-likeness (QED) is 0.0207. The number of nitrogens with zero attached hydrogens (tertiary/aromatic N) is 3. The number of carbonyl (C=O) groups excluding carboxylic acids is 8. The van der Waals surface area contributed by atoms with Crippen LogP contribution in [-0.4, -0.2) is 158 Å². The van der Waals surface area contributed by atoms with Crippen LogP contribution in [0, 0.1) is 5.41 Å². The van der Waals surface area contributed by atoms with Crippen LogP contribution in [-0.2, 0) is 57.7 Å². The van der Waals surface area contributed by atoms with Crippen molar-refractivity contribution in [3.63, 3.8) is 0 Å². The zero-order chi connectivity index (χ0) is 52.7. The lowest BCUT2D eigenvalue weighted by Crippen LogP contribution is -2.58. The number of fused-ring (bicyclic) bond motifs is 1. The van der Waals surface area contributed by atoms with E-state index in [9.17, 15) is 53.4 Å². The highest BCUT2D eigenvalue weighted by Crippen LogP contribution is 2.33. The molecule has 0 radical (unpaired) electrons. The number of amides is 9. The Bertz CT molecular complexity index is 2250. The van der Waals surface area contributed by atoms with E-state index in [1.165, 1.54) is 24.3 Å². The van der Waals surface area contributed by atoms with Crippen molar-refractivity contribution in [1.29, 1.82) is 5.41 Å². The molecular formula is C46H69N15O11S. The highest BCUT2D eigenvalue weighted by molar-refractivity contribution is 8.00. The molecule has 3 aliphatic rings. The molecule has 0 aliphatic carbocycles. The number of thioether (sulfide) groups is 1. The number of carboxylic acid groups (broad SMARTS) is 1. The number of phenolic OH excluding ortho intramolecular Hbond substituents is 1. The van der Waals surface area contributed by atoms with E-state index in [2.05, 4.69) is 63.5 Å². The second-order valence-electron chi connectivity index (χ2n) is 18.2. The average Bonchev–Trinajstić information content (AvgIpc) is 4.07. The van der Waals surface area contributed by atoms with E-state index in [0.29, 0.717) is 62.4 Å². The molecule has 5 rings (SSSR count). The smallest absolute Gasteiger partial charge is 0.315 e. The van der Waals surface area contributed by atoms with Gasteiger partial charge >= 0.3 is 12.0 Å². The number of phenols is 1. The number of carbonyl (C=O) groups is 9. The second kappa shape index (κ2) is 29.4. The molecule has 15 N–H and O–H groups in total. The van der Waals surface area contributed by atoms with Gasteiger partial charge in [0.05, 0.1) is 30.7 Å². The van der Waals surface area contributed by atoms with Crippen molar-refractivity contribution in [1.82, 2.24) is 68.2 Å². The lowest BCUT2D eigenvalue weighted by atomic mass is 10.0. The molecule has 3 fully saturated rings. The van der Waals surface area contributed by atoms with Gasteiger partial charge in [-0.05, 0) is 81.9 Å². The SMILES string of the molecule is N=C(N)NCCC[C@@H]1NC(=O)[C@H](CCCCNC(=O)CCCc2cn(CCCNC(=O)CCCC[C@H]3SC[C@H]4NC(=O)N[C@H]43)nn2)NC(=O)[C@@H](Cc2ccc(O)cc2)NC(=O)[C@H](CC(=O)O)NC(=O)CNC1=O. The predicted octanol–water partition coefficient (Wildman–Crippen LogP) is -2.13. The van der Waals surface area contributed by atoms with E-state index in [1.54, 1.807) is 4.68 Å². The molecule has 0 spiro atoms. The Morgan fingerprint density at radius 3 is 2.08 bits per heavy atom. The molecule has 0 bridgehead atoms. The molecule has 400 valence electrons. The predicted molar refractivity (Wildman–Crippen MR) is 265 cm³/mol. The van der Waals surface area contributed by atoms with Gasteiger partial charge in [0.2, 0.25) is 41.4 Å². The van der Waals surface area contributed by atoms with E-state index in [4.69, 9.17) is 11.1 Å². The standard InChI is InChI=1S/C46H69N15O11S/c47-45(48)51-19-6-10-30-41(68)52-24-38(65)53-33(23-39(66)67)44(71)56-32(22-27-14-16-29(62)17-15-27)43(70)55-31(42(69)54-30)9-3-4-18-49-37(64)13-5-8-28-25-61(60-59-28)21-7-20-50-36(63)12-2-1-11-35-40-34(26-73-35)57-46(72)58-40/h14-17,25,30-35,40,62H,1-13,18-24,26H2,(H,49,64)(H,50,63)(H,52,68)(H,53,65)(H,54,69)(H,55,70)(H,56,71)(H,66,67)(H4,47,48,51)(H2,57,58,72)/t30-,31-,32+,33-,34+,35+,40+/m0/s1. The number of aromatic nitrogens is 3. The summed E-state index contributed by atoms with van der Waals surface area (Å²) in [5.74, 6) is -5.39. The molecular weight excluding hydrogens is 971 g/mol. The van der Waals surface area contributed by atoms with Crippen molar-refractivity contribution in [2.24, 2.45) is 5.73 Å². The highest BCUT2D eigenvalue weighted by atomic mass is 32.2. The summed E-state index contributed by atoms with van der Waals surface area (Å²) in [7, 11) is 0. The molecule has 0 saturated carbocycles. The molecule has 1 aromatic heterocycles. The van der Waals surface area contributed by atoms with Crippen LogP contribution in [0.15, 0.2) is 30.5 Å². The number of nitrogens with one attached hydrogen (secondary N) is 11. The molecule has 3 aliphatic heterocycles.